The Bertz CT molecular complexity index is 1210. The minimum absolute atomic E-state index is 0.276. The van der Waals surface area contributed by atoms with Crippen molar-refractivity contribution in [2.75, 3.05) is 19.5 Å². The summed E-state index contributed by atoms with van der Waals surface area (Å²) < 4.78 is 12.5. The van der Waals surface area contributed by atoms with Gasteiger partial charge in [0.2, 0.25) is 0 Å². The Morgan fingerprint density at radius 1 is 1.10 bits per heavy atom. The van der Waals surface area contributed by atoms with Crippen LogP contribution < -0.4 is 10.5 Å². The highest BCUT2D eigenvalue weighted by Crippen LogP contribution is 2.36. The van der Waals surface area contributed by atoms with Crippen molar-refractivity contribution >= 4 is 22.7 Å². The van der Waals surface area contributed by atoms with E-state index in [1.54, 1.807) is 21.0 Å². The Hall–Kier alpha value is -3.80. The van der Waals surface area contributed by atoms with Crippen molar-refractivity contribution in [3.8, 4) is 22.7 Å². The first-order chi connectivity index (χ1) is 14.5. The second-order valence-corrected chi connectivity index (χ2v) is 6.87. The molecule has 4 aromatic rings. The van der Waals surface area contributed by atoms with Gasteiger partial charge >= 0.3 is 5.97 Å². The molecule has 0 fully saturated rings. The van der Waals surface area contributed by atoms with Gasteiger partial charge in [0, 0.05) is 11.1 Å². The molecule has 4 rings (SSSR count). The van der Waals surface area contributed by atoms with Crippen molar-refractivity contribution in [2.24, 2.45) is 0 Å². The van der Waals surface area contributed by atoms with Gasteiger partial charge in [-0.25, -0.2) is 9.78 Å². The number of carbonyl (C=O) groups is 1. The third-order valence-electron chi connectivity index (χ3n) is 5.05. The number of methoxy groups -OCH3 is 1. The van der Waals surface area contributed by atoms with E-state index in [2.05, 4.69) is 4.57 Å². The maximum atomic E-state index is 12.5. The number of para-hydroxylation sites is 1. The third-order valence-corrected chi connectivity index (χ3v) is 5.05. The van der Waals surface area contributed by atoms with Gasteiger partial charge < -0.3 is 15.2 Å². The van der Waals surface area contributed by atoms with E-state index in [9.17, 15) is 4.79 Å². The number of nitrogen functional groups attached to an aromatic ring is 1. The van der Waals surface area contributed by atoms with E-state index in [0.29, 0.717) is 28.0 Å². The quantitative estimate of drug-likeness (QED) is 0.487. The molecule has 0 aliphatic heterocycles. The summed E-state index contributed by atoms with van der Waals surface area (Å²) in [4.78, 5) is 17.2. The summed E-state index contributed by atoms with van der Waals surface area (Å²) in [5, 5.41) is 0.707. The lowest BCUT2D eigenvalue weighted by atomic mass is 10.1. The van der Waals surface area contributed by atoms with Crippen molar-refractivity contribution < 1.29 is 14.3 Å². The van der Waals surface area contributed by atoms with E-state index >= 15 is 0 Å². The fraction of sp³-hybridized carbons (Fsp3) is 0.167. The topological polar surface area (TPSA) is 79.4 Å². The fourth-order valence-corrected chi connectivity index (χ4v) is 3.63. The molecule has 0 unspecified atom stereocenters. The Kier molecular flexibility index (Phi) is 5.14. The lowest BCUT2D eigenvalue weighted by Gasteiger charge is -2.13. The van der Waals surface area contributed by atoms with Crippen molar-refractivity contribution in [2.45, 2.75) is 13.8 Å². The van der Waals surface area contributed by atoms with Crippen LogP contribution in [0.1, 0.15) is 23.0 Å². The van der Waals surface area contributed by atoms with E-state index in [4.69, 9.17) is 20.2 Å². The van der Waals surface area contributed by atoms with E-state index in [-0.39, 0.29) is 6.61 Å². The smallest absolute Gasteiger partial charge is 0.342 e. The zero-order valence-electron chi connectivity index (χ0n) is 17.2. The molecule has 0 aliphatic rings. The second kappa shape index (κ2) is 7.91. The number of hydrogen-bond donors (Lipinski definition) is 1. The first-order valence-electron chi connectivity index (χ1n) is 9.73. The van der Waals surface area contributed by atoms with Gasteiger partial charge in [-0.1, -0.05) is 18.2 Å². The summed E-state index contributed by atoms with van der Waals surface area (Å²) >= 11 is 0. The van der Waals surface area contributed by atoms with E-state index < -0.39 is 5.97 Å². The van der Waals surface area contributed by atoms with Crippen molar-refractivity contribution in [3.63, 3.8) is 0 Å². The van der Waals surface area contributed by atoms with Crippen LogP contribution in [0.2, 0.25) is 0 Å². The van der Waals surface area contributed by atoms with Gasteiger partial charge in [-0.15, -0.1) is 0 Å². The molecule has 6 heteroatoms. The Morgan fingerprint density at radius 2 is 1.80 bits per heavy atom. The molecule has 2 heterocycles. The number of pyridine rings is 1. The van der Waals surface area contributed by atoms with Crippen LogP contribution in [0.25, 0.3) is 28.0 Å². The maximum Gasteiger partial charge on any atom is 0.342 e. The van der Waals surface area contributed by atoms with Gasteiger partial charge in [0.15, 0.2) is 0 Å². The van der Waals surface area contributed by atoms with Crippen molar-refractivity contribution in [3.05, 3.63) is 71.9 Å². The van der Waals surface area contributed by atoms with Crippen LogP contribution >= 0.6 is 0 Å². The highest BCUT2D eigenvalue weighted by atomic mass is 16.5. The molecule has 0 saturated carbocycles. The molecular weight excluding hydrogens is 378 g/mol. The second-order valence-electron chi connectivity index (χ2n) is 6.87. The zero-order chi connectivity index (χ0) is 21.3. The van der Waals surface area contributed by atoms with Gasteiger partial charge in [-0.05, 0) is 61.9 Å². The average molecular weight is 401 g/mol. The summed E-state index contributed by atoms with van der Waals surface area (Å²) in [6.45, 7) is 3.82. The lowest BCUT2D eigenvalue weighted by molar-refractivity contribution is 0.0526. The SMILES string of the molecule is CCOC(=O)c1c(C)nc2c(cc(-c3ccc(OC)cc3)n2-c2ccccc2)c1N. The first kappa shape index (κ1) is 19.5. The molecule has 2 aromatic heterocycles. The van der Waals surface area contributed by atoms with Crippen LogP contribution in [-0.2, 0) is 4.74 Å². The number of rotatable bonds is 5. The summed E-state index contributed by atoms with van der Waals surface area (Å²) in [6, 6.07) is 19.7. The third kappa shape index (κ3) is 3.26. The van der Waals surface area contributed by atoms with Crippen molar-refractivity contribution in [1.29, 1.82) is 0 Å². The zero-order valence-corrected chi connectivity index (χ0v) is 17.2. The summed E-state index contributed by atoms with van der Waals surface area (Å²) in [5.41, 5.74) is 11.2. The predicted molar refractivity (Wildman–Crippen MR) is 118 cm³/mol. The van der Waals surface area contributed by atoms with Crippen LogP contribution in [0.4, 0.5) is 5.69 Å². The number of ether oxygens (including phenoxy) is 2. The van der Waals surface area contributed by atoms with Crippen LogP contribution in [0.3, 0.4) is 0 Å². The van der Waals surface area contributed by atoms with E-state index in [0.717, 1.165) is 22.7 Å². The minimum atomic E-state index is -0.458. The number of esters is 1. The normalized spacial score (nSPS) is 10.9. The largest absolute Gasteiger partial charge is 0.497 e. The van der Waals surface area contributed by atoms with Crippen LogP contribution in [0.5, 0.6) is 5.75 Å². The highest BCUT2D eigenvalue weighted by Gasteiger charge is 2.23. The van der Waals surface area contributed by atoms with Crippen molar-refractivity contribution in [1.82, 2.24) is 9.55 Å². The number of aryl methyl sites for hydroxylation is 1. The summed E-state index contributed by atoms with van der Waals surface area (Å²) in [7, 11) is 1.64. The Balaban J connectivity index is 2.02. The molecule has 0 atom stereocenters. The van der Waals surface area contributed by atoms with Crippen LogP contribution in [0, 0.1) is 6.92 Å². The number of nitrogens with zero attached hydrogens (tertiary/aromatic N) is 2. The van der Waals surface area contributed by atoms with Crippen LogP contribution in [-0.4, -0.2) is 29.2 Å². The predicted octanol–water partition coefficient (Wildman–Crippen LogP) is 4.77. The lowest BCUT2D eigenvalue weighted by Crippen LogP contribution is -2.12. The molecule has 30 heavy (non-hydrogen) atoms. The highest BCUT2D eigenvalue weighted by molar-refractivity contribution is 6.06. The number of hydrogen-bond acceptors (Lipinski definition) is 5. The molecule has 0 aliphatic carbocycles. The van der Waals surface area contributed by atoms with Gasteiger partial charge in [-0.3, -0.25) is 4.57 Å². The molecule has 0 bridgehead atoms. The van der Waals surface area contributed by atoms with Gasteiger partial charge in [-0.2, -0.15) is 0 Å². The van der Waals surface area contributed by atoms with Crippen LogP contribution in [0.15, 0.2) is 60.7 Å². The average Bonchev–Trinajstić information content (AvgIpc) is 3.14. The molecule has 0 radical (unpaired) electrons. The van der Waals surface area contributed by atoms with E-state index in [1.807, 2.05) is 60.7 Å². The molecule has 2 N–H and O–H groups in total. The molecule has 152 valence electrons. The number of aromatic nitrogens is 2. The summed E-state index contributed by atoms with van der Waals surface area (Å²) in [6.07, 6.45) is 0. The van der Waals surface area contributed by atoms with Gasteiger partial charge in [0.1, 0.15) is 17.0 Å². The maximum absolute atomic E-state index is 12.5. The monoisotopic (exact) mass is 401 g/mol. The summed E-state index contributed by atoms with van der Waals surface area (Å²) in [5.74, 6) is 0.319. The molecule has 0 spiro atoms. The number of carbonyl (C=O) groups excluding carboxylic acids is 1. The van der Waals surface area contributed by atoms with Gasteiger partial charge in [0.25, 0.3) is 0 Å². The Labute approximate surface area is 174 Å². The molecule has 6 nitrogen and oxygen atoms in total. The number of nitrogens with two attached hydrogens (primary N) is 1. The molecule has 0 saturated heterocycles. The molecule has 2 aromatic carbocycles. The Morgan fingerprint density at radius 3 is 2.43 bits per heavy atom. The number of anilines is 1. The number of benzene rings is 2. The fourth-order valence-electron chi connectivity index (χ4n) is 3.63. The molecule has 0 amide bonds. The first-order valence-corrected chi connectivity index (χ1v) is 9.73. The number of fused-ring (bicyclic) bond motifs is 1. The minimum Gasteiger partial charge on any atom is -0.497 e. The van der Waals surface area contributed by atoms with Gasteiger partial charge in [0.05, 0.1) is 30.8 Å². The molecular formula is C24H23N3O3. The van der Waals surface area contributed by atoms with E-state index in [1.165, 1.54) is 0 Å². The standard InChI is InChI=1S/C24H23N3O3/c1-4-30-24(28)21-15(2)26-23-19(22(21)25)14-20(16-10-12-18(29-3)13-11-16)27(23)17-8-6-5-7-9-17/h5-14H,4H2,1-3H3,(H2,25,26).